The smallest absolute Gasteiger partial charge is 0.548 e. The number of carboxylic acids is 1. The van der Waals surface area contributed by atoms with Gasteiger partial charge in [0.05, 0.1) is 24.4 Å². The van der Waals surface area contributed by atoms with E-state index in [4.69, 9.17) is 4.74 Å². The Labute approximate surface area is 234 Å². The van der Waals surface area contributed by atoms with Crippen molar-refractivity contribution < 1.29 is 79.6 Å². The number of aliphatic carboxylic acids is 1. The van der Waals surface area contributed by atoms with Crippen molar-refractivity contribution in [2.24, 2.45) is 5.92 Å². The maximum Gasteiger partial charge on any atom is 1.00 e. The molecule has 1 aliphatic rings. The number of nitrogens with one attached hydrogen (secondary N) is 1. The zero-order chi connectivity index (χ0) is 22.7. The summed E-state index contributed by atoms with van der Waals surface area (Å²) in [6.07, 6.45) is 6.47. The zero-order valence-corrected chi connectivity index (χ0v) is 23.2. The summed E-state index contributed by atoms with van der Waals surface area (Å²) in [6.45, 7) is 3.99. The average Bonchev–Trinajstić information content (AvgIpc) is 2.74. The molecule has 0 bridgehead atoms. The molecule has 1 aromatic rings. The van der Waals surface area contributed by atoms with Gasteiger partial charge in [-0.1, -0.05) is 31.9 Å². The number of rotatable bonds is 14. The van der Waals surface area contributed by atoms with Crippen LogP contribution in [0.5, 0.6) is 5.75 Å². The van der Waals surface area contributed by atoms with Gasteiger partial charge in [0.15, 0.2) is 0 Å². The van der Waals surface area contributed by atoms with E-state index in [1.54, 1.807) is 24.3 Å². The molecule has 32 heavy (non-hydrogen) atoms. The number of carbonyl (C=O) groups excluding carboxylic acids is 1. The Morgan fingerprint density at radius 3 is 2.47 bits per heavy atom. The van der Waals surface area contributed by atoms with Crippen LogP contribution >= 0.6 is 0 Å². The first-order valence-electron chi connectivity index (χ1n) is 11.2. The molecular weight excluding hydrogens is 459 g/mol. The first-order valence-corrected chi connectivity index (χ1v) is 12.8. The second kappa shape index (κ2) is 15.8. The molecule has 0 aliphatic carbocycles. The maximum atomic E-state index is 12.0. The van der Waals surface area contributed by atoms with Crippen molar-refractivity contribution in [3.63, 3.8) is 0 Å². The van der Waals surface area contributed by atoms with Gasteiger partial charge in [-0.15, -0.1) is 0 Å². The van der Waals surface area contributed by atoms with E-state index in [-0.39, 0.29) is 63.6 Å². The number of benzene rings is 1. The summed E-state index contributed by atoms with van der Waals surface area (Å²) in [4.78, 5) is 11.4. The Kier molecular flexibility index (Phi) is 14.8. The number of carbonyl (C=O) groups is 1. The summed E-state index contributed by atoms with van der Waals surface area (Å²) in [6, 6.07) is 5.73. The summed E-state index contributed by atoms with van der Waals surface area (Å²) < 4.78 is 32.0. The molecule has 1 atom stereocenters. The first kappa shape index (κ1) is 30.0. The van der Waals surface area contributed by atoms with Gasteiger partial charge in [-0.2, -0.15) is 5.06 Å². The monoisotopic (exact) mass is 494 g/mol. The fourth-order valence-electron chi connectivity index (χ4n) is 3.67. The van der Waals surface area contributed by atoms with E-state index in [0.717, 1.165) is 45.2 Å². The van der Waals surface area contributed by atoms with Gasteiger partial charge >= 0.3 is 51.4 Å². The van der Waals surface area contributed by atoms with Crippen LogP contribution in [0.15, 0.2) is 24.3 Å². The van der Waals surface area contributed by atoms with Gasteiger partial charge < -0.3 is 19.8 Å². The third kappa shape index (κ3) is 11.9. The number of hydrogen-bond donors (Lipinski definition) is 2. The molecule has 1 aliphatic heterocycles. The molecule has 0 saturated carbocycles. The maximum absolute atomic E-state index is 12.0. The van der Waals surface area contributed by atoms with Gasteiger partial charge in [-0.25, -0.2) is 13.1 Å². The van der Waals surface area contributed by atoms with Crippen LogP contribution in [0, 0.1) is 5.92 Å². The molecule has 0 unspecified atom stereocenters. The van der Waals surface area contributed by atoms with E-state index in [2.05, 4.69) is 4.72 Å². The van der Waals surface area contributed by atoms with Crippen LogP contribution in [0.2, 0.25) is 0 Å². The molecule has 0 spiro atoms. The third-order valence-corrected chi connectivity index (χ3v) is 7.07. The molecule has 0 aromatic heterocycles. The van der Waals surface area contributed by atoms with E-state index in [9.17, 15) is 23.5 Å². The summed E-state index contributed by atoms with van der Waals surface area (Å²) in [5, 5.41) is 22.2. The zero-order valence-electron chi connectivity index (χ0n) is 19.3. The second-order valence-corrected chi connectivity index (χ2v) is 10.1. The Hall–Kier alpha value is -0.0436. The van der Waals surface area contributed by atoms with Crippen LogP contribution in [0.4, 0.5) is 0 Å². The fourth-order valence-corrected chi connectivity index (χ4v) is 5.07. The molecule has 1 fully saturated rings. The molecule has 2 rings (SSSR count). The molecule has 176 valence electrons. The van der Waals surface area contributed by atoms with Gasteiger partial charge in [0.2, 0.25) is 10.0 Å². The molecule has 0 radical (unpaired) electrons. The minimum absolute atomic E-state index is 0. The molecule has 8 nitrogen and oxygen atoms in total. The summed E-state index contributed by atoms with van der Waals surface area (Å²) in [7, 11) is -3.66. The standard InChI is InChI=1S/C22H36N2O6S.K/c1-2-3-16-31(28,29)23-21(22(25)26)17-19-7-9-20(10-8-19)30-15-5-4-6-18-11-13-24(27)14-12-18;/h7-10,18,21,23,27H,2-6,11-17H2,1H3,(H,25,26);/q;+1/p-1/t21-;/m0./s1. The van der Waals surface area contributed by atoms with Crippen LogP contribution < -0.4 is 66.0 Å². The van der Waals surface area contributed by atoms with Crippen molar-refractivity contribution in [1.29, 1.82) is 0 Å². The van der Waals surface area contributed by atoms with Crippen LogP contribution in [0.1, 0.15) is 57.4 Å². The van der Waals surface area contributed by atoms with Crippen LogP contribution in [-0.2, 0) is 21.2 Å². The topological polar surface area (TPSA) is 119 Å². The number of carboxylic acid groups (broad SMARTS) is 1. The number of nitrogens with zero attached hydrogens (tertiary/aromatic N) is 1. The average molecular weight is 495 g/mol. The molecule has 1 heterocycles. The molecule has 1 saturated heterocycles. The quantitative estimate of drug-likeness (QED) is 0.244. The Morgan fingerprint density at radius 2 is 1.88 bits per heavy atom. The number of hydrogen-bond acceptors (Lipinski definition) is 7. The molecule has 10 heteroatoms. The van der Waals surface area contributed by atoms with Crippen molar-refractivity contribution in [2.45, 2.75) is 64.3 Å². The van der Waals surface area contributed by atoms with Crippen molar-refractivity contribution >= 4 is 16.0 Å². The van der Waals surface area contributed by atoms with Crippen LogP contribution in [0.3, 0.4) is 0 Å². The number of piperidine rings is 1. The van der Waals surface area contributed by atoms with E-state index in [0.29, 0.717) is 36.7 Å². The summed E-state index contributed by atoms with van der Waals surface area (Å²) in [5.41, 5.74) is 0.690. The Morgan fingerprint density at radius 1 is 1.22 bits per heavy atom. The van der Waals surface area contributed by atoms with Gasteiger partial charge in [-0.05, 0) is 62.1 Å². The first-order chi connectivity index (χ1) is 14.8. The fraction of sp³-hybridized carbons (Fsp3) is 0.682. The minimum atomic E-state index is -3.66. The van der Waals surface area contributed by atoms with E-state index < -0.39 is 22.0 Å². The van der Waals surface area contributed by atoms with E-state index >= 15 is 0 Å². The van der Waals surface area contributed by atoms with Crippen molar-refractivity contribution in [2.75, 3.05) is 25.4 Å². The van der Waals surface area contributed by atoms with Crippen molar-refractivity contribution in [1.82, 2.24) is 9.79 Å². The third-order valence-electron chi connectivity index (χ3n) is 5.60. The number of ether oxygens (including phenoxy) is 1. The predicted octanol–water partition coefficient (Wildman–Crippen LogP) is -1.28. The summed E-state index contributed by atoms with van der Waals surface area (Å²) >= 11 is 0. The largest absolute Gasteiger partial charge is 1.00 e. The summed E-state index contributed by atoms with van der Waals surface area (Å²) in [5.74, 6) is -0.157. The Balaban J connectivity index is 0.00000512. The van der Waals surface area contributed by atoms with Crippen molar-refractivity contribution in [3.05, 3.63) is 29.8 Å². The molecular formula is C22H35KN2O6S. The number of hydroxylamine groups is 2. The normalized spacial score (nSPS) is 16.3. The van der Waals surface area contributed by atoms with Crippen LogP contribution in [0.25, 0.3) is 0 Å². The van der Waals surface area contributed by atoms with Gasteiger partial charge in [-0.3, -0.25) is 0 Å². The van der Waals surface area contributed by atoms with Gasteiger partial charge in [0.1, 0.15) is 5.75 Å². The molecule has 1 aromatic carbocycles. The second-order valence-electron chi connectivity index (χ2n) is 8.25. The number of unbranched alkanes of at least 4 members (excludes halogenated alkanes) is 2. The SMILES string of the molecule is CCCCS(=O)(=O)N[C@@H](Cc1ccc(OCCCCC2CCN(O)CC2)cc1)C(=O)[O-].[K+]. The Bertz CT molecular complexity index is 767. The molecule has 2 N–H and O–H groups in total. The van der Waals surface area contributed by atoms with Gasteiger partial charge in [0, 0.05) is 13.1 Å². The number of sulfonamides is 1. The van der Waals surface area contributed by atoms with Gasteiger partial charge in [0.25, 0.3) is 0 Å². The van der Waals surface area contributed by atoms with Crippen molar-refractivity contribution in [3.8, 4) is 5.75 Å². The van der Waals surface area contributed by atoms with Crippen LogP contribution in [-0.4, -0.2) is 56.1 Å². The predicted molar refractivity (Wildman–Crippen MR) is 116 cm³/mol. The van der Waals surface area contributed by atoms with E-state index in [1.807, 2.05) is 6.92 Å². The minimum Gasteiger partial charge on any atom is -0.548 e. The molecule has 0 amide bonds. The van der Waals surface area contributed by atoms with E-state index in [1.165, 1.54) is 5.06 Å².